The highest BCUT2D eigenvalue weighted by atomic mass is 35.5. The van der Waals surface area contributed by atoms with E-state index in [1.54, 1.807) is 10.9 Å². The Kier molecular flexibility index (Phi) is 5.11. The van der Waals surface area contributed by atoms with Gasteiger partial charge in [0.05, 0.1) is 28.9 Å². The van der Waals surface area contributed by atoms with E-state index < -0.39 is 22.2 Å². The highest BCUT2D eigenvalue weighted by Gasteiger charge is 2.34. The van der Waals surface area contributed by atoms with Crippen LogP contribution < -0.4 is 4.72 Å². The Morgan fingerprint density at radius 2 is 2.32 bits per heavy atom. The Balaban J connectivity index is 1.83. The summed E-state index contributed by atoms with van der Waals surface area (Å²) in [6.07, 6.45) is 3.70. The third-order valence-electron chi connectivity index (χ3n) is 4.05. The lowest BCUT2D eigenvalue weighted by molar-refractivity contribution is 0.102. The molecule has 2 aromatic rings. The van der Waals surface area contributed by atoms with Crippen LogP contribution in [0.25, 0.3) is 0 Å². The van der Waals surface area contributed by atoms with Crippen LogP contribution >= 0.6 is 11.6 Å². The zero-order valence-corrected chi connectivity index (χ0v) is 15.1. The molecule has 7 nitrogen and oxygen atoms in total. The van der Waals surface area contributed by atoms with Gasteiger partial charge >= 0.3 is 0 Å². The SMILES string of the molecule is CCn1cc([C@H]2OCC[C@@H]2NS(=O)(=O)c2ccc(C#N)cc2Cl)cn1. The Labute approximate surface area is 151 Å². The summed E-state index contributed by atoms with van der Waals surface area (Å²) in [4.78, 5) is -0.0527. The minimum absolute atomic E-state index is 0.0146. The highest BCUT2D eigenvalue weighted by molar-refractivity contribution is 7.89. The van der Waals surface area contributed by atoms with Crippen LogP contribution in [0.5, 0.6) is 0 Å². The molecule has 0 unspecified atom stereocenters. The molecule has 1 aromatic heterocycles. The number of aromatic nitrogens is 2. The number of hydrogen-bond acceptors (Lipinski definition) is 5. The molecule has 2 heterocycles. The predicted octanol–water partition coefficient (Wildman–Crippen LogP) is 2.24. The van der Waals surface area contributed by atoms with Crippen molar-refractivity contribution in [2.75, 3.05) is 6.61 Å². The molecule has 1 fully saturated rings. The lowest BCUT2D eigenvalue weighted by Gasteiger charge is -2.19. The van der Waals surface area contributed by atoms with Gasteiger partial charge < -0.3 is 4.74 Å². The third kappa shape index (κ3) is 3.70. The van der Waals surface area contributed by atoms with Gasteiger partial charge in [-0.05, 0) is 31.5 Å². The molecule has 0 amide bonds. The Hall–Kier alpha value is -1.92. The Morgan fingerprint density at radius 1 is 1.52 bits per heavy atom. The number of hydrogen-bond donors (Lipinski definition) is 1. The number of aryl methyl sites for hydroxylation is 1. The second kappa shape index (κ2) is 7.14. The summed E-state index contributed by atoms with van der Waals surface area (Å²) in [5.41, 5.74) is 1.14. The predicted molar refractivity (Wildman–Crippen MR) is 91.5 cm³/mol. The van der Waals surface area contributed by atoms with Crippen molar-refractivity contribution in [3.05, 3.63) is 46.7 Å². The number of nitriles is 1. The summed E-state index contributed by atoms with van der Waals surface area (Å²) in [7, 11) is -3.84. The third-order valence-corrected chi connectivity index (χ3v) is 6.03. The molecular weight excluding hydrogens is 364 g/mol. The van der Waals surface area contributed by atoms with Crippen molar-refractivity contribution < 1.29 is 13.2 Å². The zero-order chi connectivity index (χ0) is 18.0. The van der Waals surface area contributed by atoms with E-state index >= 15 is 0 Å². The summed E-state index contributed by atoms with van der Waals surface area (Å²) >= 11 is 6.04. The smallest absolute Gasteiger partial charge is 0.242 e. The van der Waals surface area contributed by atoms with Crippen LogP contribution in [-0.4, -0.2) is 30.8 Å². The molecule has 0 aliphatic carbocycles. The van der Waals surface area contributed by atoms with E-state index in [9.17, 15) is 8.42 Å². The van der Waals surface area contributed by atoms with E-state index in [1.165, 1.54) is 18.2 Å². The molecule has 3 rings (SSSR count). The fraction of sp³-hybridized carbons (Fsp3) is 0.375. The molecule has 1 aromatic carbocycles. The summed E-state index contributed by atoms with van der Waals surface area (Å²) < 4.78 is 35.5. The van der Waals surface area contributed by atoms with E-state index in [4.69, 9.17) is 21.6 Å². The minimum Gasteiger partial charge on any atom is -0.372 e. The lowest BCUT2D eigenvalue weighted by Crippen LogP contribution is -2.36. The van der Waals surface area contributed by atoms with Crippen LogP contribution in [-0.2, 0) is 21.3 Å². The van der Waals surface area contributed by atoms with E-state index in [1.807, 2.05) is 19.2 Å². The van der Waals surface area contributed by atoms with Gasteiger partial charge in [-0.25, -0.2) is 13.1 Å². The largest absolute Gasteiger partial charge is 0.372 e. The van der Waals surface area contributed by atoms with E-state index in [0.29, 0.717) is 18.6 Å². The van der Waals surface area contributed by atoms with E-state index in [-0.39, 0.29) is 9.92 Å². The fourth-order valence-corrected chi connectivity index (χ4v) is 4.60. The van der Waals surface area contributed by atoms with Gasteiger partial charge in [-0.1, -0.05) is 11.6 Å². The van der Waals surface area contributed by atoms with Crippen molar-refractivity contribution in [3.63, 3.8) is 0 Å². The molecule has 0 radical (unpaired) electrons. The van der Waals surface area contributed by atoms with Gasteiger partial charge in [-0.15, -0.1) is 0 Å². The standard InChI is InChI=1S/C16H17ClN4O3S/c1-2-21-10-12(9-19-21)16-14(5-6-24-16)20-25(22,23)15-4-3-11(8-18)7-13(15)17/h3-4,7,9-10,14,16,20H,2,5-6H2,1H3/t14-,16+/m0/s1. The van der Waals surface area contributed by atoms with Gasteiger partial charge in [0.25, 0.3) is 0 Å². The molecule has 0 bridgehead atoms. The van der Waals surface area contributed by atoms with Crippen molar-refractivity contribution in [1.82, 2.24) is 14.5 Å². The summed E-state index contributed by atoms with van der Waals surface area (Å²) in [5, 5.41) is 13.1. The molecule has 1 saturated heterocycles. The molecule has 1 aliphatic rings. The average molecular weight is 381 g/mol. The maximum Gasteiger partial charge on any atom is 0.242 e. The average Bonchev–Trinajstić information content (AvgIpc) is 3.22. The molecule has 9 heteroatoms. The number of nitrogens with zero attached hydrogens (tertiary/aromatic N) is 3. The quantitative estimate of drug-likeness (QED) is 0.857. The monoisotopic (exact) mass is 380 g/mol. The maximum absolute atomic E-state index is 12.7. The van der Waals surface area contributed by atoms with Crippen LogP contribution in [0, 0.1) is 11.3 Å². The summed E-state index contributed by atoms with van der Waals surface area (Å²) in [6.45, 7) is 3.15. The van der Waals surface area contributed by atoms with Gasteiger partial charge in [0.15, 0.2) is 0 Å². The van der Waals surface area contributed by atoms with Gasteiger partial charge in [-0.2, -0.15) is 10.4 Å². The normalized spacial score (nSPS) is 20.5. The molecule has 0 spiro atoms. The first-order chi connectivity index (χ1) is 11.9. The number of rotatable bonds is 5. The Bertz CT molecular complexity index is 920. The zero-order valence-electron chi connectivity index (χ0n) is 13.5. The molecule has 1 aliphatic heterocycles. The van der Waals surface area contributed by atoms with Crippen LogP contribution in [0.4, 0.5) is 0 Å². The van der Waals surface area contributed by atoms with Crippen molar-refractivity contribution in [2.24, 2.45) is 0 Å². The number of sulfonamides is 1. The molecular formula is C16H17ClN4O3S. The molecule has 2 atom stereocenters. The molecule has 25 heavy (non-hydrogen) atoms. The Morgan fingerprint density at radius 3 is 2.96 bits per heavy atom. The first-order valence-corrected chi connectivity index (χ1v) is 9.66. The van der Waals surface area contributed by atoms with Crippen molar-refractivity contribution in [3.8, 4) is 6.07 Å². The lowest BCUT2D eigenvalue weighted by atomic mass is 10.1. The van der Waals surface area contributed by atoms with Crippen molar-refractivity contribution >= 4 is 21.6 Å². The first kappa shape index (κ1) is 17.9. The first-order valence-electron chi connectivity index (χ1n) is 7.80. The van der Waals surface area contributed by atoms with Crippen LogP contribution in [0.2, 0.25) is 5.02 Å². The molecule has 1 N–H and O–H groups in total. The summed E-state index contributed by atoms with van der Waals surface area (Å²) in [6, 6.07) is 5.61. The van der Waals surface area contributed by atoms with Crippen LogP contribution in [0.15, 0.2) is 35.5 Å². The second-order valence-electron chi connectivity index (χ2n) is 5.69. The van der Waals surface area contributed by atoms with Gasteiger partial charge in [-0.3, -0.25) is 4.68 Å². The van der Waals surface area contributed by atoms with Gasteiger partial charge in [0.1, 0.15) is 11.0 Å². The number of benzene rings is 1. The molecule has 0 saturated carbocycles. The maximum atomic E-state index is 12.7. The van der Waals surface area contributed by atoms with Crippen molar-refractivity contribution in [1.29, 1.82) is 5.26 Å². The van der Waals surface area contributed by atoms with Crippen LogP contribution in [0.1, 0.15) is 30.6 Å². The topological polar surface area (TPSA) is 97.0 Å². The summed E-state index contributed by atoms with van der Waals surface area (Å²) in [5.74, 6) is 0. The van der Waals surface area contributed by atoms with Crippen LogP contribution in [0.3, 0.4) is 0 Å². The number of nitrogens with one attached hydrogen (secondary N) is 1. The van der Waals surface area contributed by atoms with Crippen molar-refractivity contribution in [2.45, 2.75) is 36.9 Å². The highest BCUT2D eigenvalue weighted by Crippen LogP contribution is 2.31. The van der Waals surface area contributed by atoms with Gasteiger partial charge in [0.2, 0.25) is 10.0 Å². The fourth-order valence-electron chi connectivity index (χ4n) is 2.79. The van der Waals surface area contributed by atoms with E-state index in [0.717, 1.165) is 12.1 Å². The van der Waals surface area contributed by atoms with Gasteiger partial charge in [0, 0.05) is 24.9 Å². The minimum atomic E-state index is -3.84. The number of ether oxygens (including phenoxy) is 1. The molecule has 132 valence electrons. The van der Waals surface area contributed by atoms with E-state index in [2.05, 4.69) is 9.82 Å². The second-order valence-corrected chi connectivity index (χ2v) is 7.78. The number of halogens is 1.